The molecule has 1 aliphatic heterocycles. The summed E-state index contributed by atoms with van der Waals surface area (Å²) in [5, 5.41) is 1.20. The van der Waals surface area contributed by atoms with Crippen LogP contribution in [-0.4, -0.2) is 41.5 Å². The third-order valence-corrected chi connectivity index (χ3v) is 5.75. The van der Waals surface area contributed by atoms with Crippen LogP contribution in [0.15, 0.2) is 18.2 Å². The molecule has 1 aliphatic carbocycles. The first-order chi connectivity index (χ1) is 12.7. The van der Waals surface area contributed by atoms with Crippen molar-refractivity contribution in [3.63, 3.8) is 0 Å². The number of aryl methyl sites for hydroxylation is 2. The van der Waals surface area contributed by atoms with Gasteiger partial charge in [0.2, 0.25) is 0 Å². The maximum atomic E-state index is 12.9. The first-order valence-electron chi connectivity index (χ1n) is 9.76. The number of likely N-dealkylation sites (tertiary alicyclic amines) is 1. The first-order valence-corrected chi connectivity index (χ1v) is 9.76. The number of nitrogens with zero attached hydrogens (tertiary/aromatic N) is 1. The van der Waals surface area contributed by atoms with Crippen LogP contribution >= 0.6 is 0 Å². The molecule has 26 heavy (non-hydrogen) atoms. The molecule has 1 fully saturated rings. The van der Waals surface area contributed by atoms with Gasteiger partial charge in [-0.05, 0) is 69.2 Å². The van der Waals surface area contributed by atoms with Gasteiger partial charge in [-0.3, -0.25) is 9.59 Å². The molecule has 4 rings (SSSR count). The fourth-order valence-electron chi connectivity index (χ4n) is 4.30. The van der Waals surface area contributed by atoms with Gasteiger partial charge in [0, 0.05) is 35.2 Å². The van der Waals surface area contributed by atoms with Gasteiger partial charge in [0.1, 0.15) is 0 Å². The number of aromatic amines is 1. The lowest BCUT2D eigenvalue weighted by atomic mass is 9.94. The van der Waals surface area contributed by atoms with E-state index in [0.29, 0.717) is 32.5 Å². The van der Waals surface area contributed by atoms with Crippen LogP contribution in [0.3, 0.4) is 0 Å². The molecular formula is C21H26N2O3. The Morgan fingerprint density at radius 2 is 1.96 bits per heavy atom. The number of ether oxygens (including phenoxy) is 1. The molecule has 0 unspecified atom stereocenters. The summed E-state index contributed by atoms with van der Waals surface area (Å²) in [6.45, 7) is 3.47. The number of carbonyl (C=O) groups excluding carboxylic acids is 2. The van der Waals surface area contributed by atoms with Crippen molar-refractivity contribution in [2.45, 2.75) is 45.4 Å². The summed E-state index contributed by atoms with van der Waals surface area (Å²) in [6, 6.07) is 6.01. The Labute approximate surface area is 153 Å². The molecule has 1 aromatic carbocycles. The maximum absolute atomic E-state index is 12.9. The minimum Gasteiger partial charge on any atom is -0.466 e. The molecule has 0 atom stereocenters. The van der Waals surface area contributed by atoms with Crippen molar-refractivity contribution in [2.75, 3.05) is 19.7 Å². The quantitative estimate of drug-likeness (QED) is 0.859. The summed E-state index contributed by atoms with van der Waals surface area (Å²) < 4.78 is 5.11. The highest BCUT2D eigenvalue weighted by atomic mass is 16.5. The van der Waals surface area contributed by atoms with Gasteiger partial charge < -0.3 is 14.6 Å². The molecule has 1 saturated heterocycles. The predicted octanol–water partition coefficient (Wildman–Crippen LogP) is 3.46. The molecular weight excluding hydrogens is 328 g/mol. The fraction of sp³-hybridized carbons (Fsp3) is 0.524. The van der Waals surface area contributed by atoms with Gasteiger partial charge in [-0.15, -0.1) is 0 Å². The zero-order chi connectivity index (χ0) is 18.1. The topological polar surface area (TPSA) is 62.4 Å². The molecule has 0 bridgehead atoms. The van der Waals surface area contributed by atoms with E-state index < -0.39 is 0 Å². The van der Waals surface area contributed by atoms with Crippen molar-refractivity contribution in [1.82, 2.24) is 9.88 Å². The number of fused-ring (bicyclic) bond motifs is 3. The number of esters is 1. The Balaban J connectivity index is 1.49. The summed E-state index contributed by atoms with van der Waals surface area (Å²) in [6.07, 6.45) is 6.03. The Hall–Kier alpha value is -2.30. The molecule has 138 valence electrons. The highest BCUT2D eigenvalue weighted by Gasteiger charge is 2.29. The number of benzene rings is 1. The summed E-state index contributed by atoms with van der Waals surface area (Å²) in [4.78, 5) is 30.2. The zero-order valence-electron chi connectivity index (χ0n) is 15.3. The standard InChI is InChI=1S/C21H26N2O3/c1-2-26-21(25)14-9-11-23(12-10-14)20(24)15-7-8-19-17(13-15)16-5-3-4-6-18(16)22-19/h7-8,13-14,22H,2-6,9-12H2,1H3. The number of H-pyrrole nitrogens is 1. The molecule has 2 aliphatic rings. The average molecular weight is 354 g/mol. The second-order valence-electron chi connectivity index (χ2n) is 7.37. The van der Waals surface area contributed by atoms with Gasteiger partial charge in [0.25, 0.3) is 5.91 Å². The van der Waals surface area contributed by atoms with Gasteiger partial charge in [0.05, 0.1) is 12.5 Å². The van der Waals surface area contributed by atoms with Crippen molar-refractivity contribution in [3.8, 4) is 0 Å². The number of amides is 1. The van der Waals surface area contributed by atoms with E-state index in [2.05, 4.69) is 11.1 Å². The molecule has 2 aromatic rings. The van der Waals surface area contributed by atoms with Crippen LogP contribution < -0.4 is 0 Å². The van der Waals surface area contributed by atoms with Crippen LogP contribution in [0.25, 0.3) is 10.9 Å². The van der Waals surface area contributed by atoms with Crippen LogP contribution in [0.2, 0.25) is 0 Å². The van der Waals surface area contributed by atoms with Gasteiger partial charge in [-0.1, -0.05) is 0 Å². The molecule has 1 amide bonds. The van der Waals surface area contributed by atoms with Gasteiger partial charge >= 0.3 is 5.97 Å². The Kier molecular flexibility index (Phi) is 4.70. The monoisotopic (exact) mass is 354 g/mol. The highest BCUT2D eigenvalue weighted by molar-refractivity contribution is 5.99. The molecule has 1 N–H and O–H groups in total. The van der Waals surface area contributed by atoms with E-state index >= 15 is 0 Å². The van der Waals surface area contributed by atoms with E-state index in [4.69, 9.17) is 4.74 Å². The number of carbonyl (C=O) groups is 2. The number of hydrogen-bond acceptors (Lipinski definition) is 3. The SMILES string of the molecule is CCOC(=O)C1CCN(C(=O)c2ccc3[nH]c4c(c3c2)CCCC4)CC1. The lowest BCUT2D eigenvalue weighted by molar-refractivity contribution is -0.149. The van der Waals surface area contributed by atoms with Crippen LogP contribution in [0.5, 0.6) is 0 Å². The number of nitrogens with one attached hydrogen (secondary N) is 1. The largest absolute Gasteiger partial charge is 0.466 e. The van der Waals surface area contributed by atoms with Crippen molar-refractivity contribution >= 4 is 22.8 Å². The third-order valence-electron chi connectivity index (χ3n) is 5.75. The van der Waals surface area contributed by atoms with E-state index in [9.17, 15) is 9.59 Å². The lowest BCUT2D eigenvalue weighted by Crippen LogP contribution is -2.40. The zero-order valence-corrected chi connectivity index (χ0v) is 15.3. The van der Waals surface area contributed by atoms with E-state index in [0.717, 1.165) is 23.9 Å². The van der Waals surface area contributed by atoms with Crippen LogP contribution in [-0.2, 0) is 22.4 Å². The smallest absolute Gasteiger partial charge is 0.309 e. The minimum atomic E-state index is -0.125. The third kappa shape index (κ3) is 3.11. The first kappa shape index (κ1) is 17.1. The van der Waals surface area contributed by atoms with Crippen molar-refractivity contribution in [2.24, 2.45) is 5.92 Å². The van der Waals surface area contributed by atoms with E-state index in [1.54, 1.807) is 0 Å². The Morgan fingerprint density at radius 3 is 2.73 bits per heavy atom. The molecule has 5 nitrogen and oxygen atoms in total. The van der Waals surface area contributed by atoms with Gasteiger partial charge in [0.15, 0.2) is 0 Å². The molecule has 0 saturated carbocycles. The number of piperidine rings is 1. The number of aromatic nitrogens is 1. The van der Waals surface area contributed by atoms with Crippen molar-refractivity contribution in [1.29, 1.82) is 0 Å². The lowest BCUT2D eigenvalue weighted by Gasteiger charge is -2.31. The summed E-state index contributed by atoms with van der Waals surface area (Å²) in [5.41, 5.74) is 4.61. The van der Waals surface area contributed by atoms with Crippen LogP contribution in [0.1, 0.15) is 54.2 Å². The fourth-order valence-corrected chi connectivity index (χ4v) is 4.30. The molecule has 0 radical (unpaired) electrons. The molecule has 0 spiro atoms. The molecule has 5 heteroatoms. The van der Waals surface area contributed by atoms with Crippen LogP contribution in [0, 0.1) is 5.92 Å². The summed E-state index contributed by atoms with van der Waals surface area (Å²) in [5.74, 6) is -0.127. The predicted molar refractivity (Wildman–Crippen MR) is 100 cm³/mol. The summed E-state index contributed by atoms with van der Waals surface area (Å²) >= 11 is 0. The average Bonchev–Trinajstić information content (AvgIpc) is 3.05. The van der Waals surface area contributed by atoms with Gasteiger partial charge in [-0.25, -0.2) is 0 Å². The maximum Gasteiger partial charge on any atom is 0.309 e. The normalized spacial score (nSPS) is 18.0. The van der Waals surface area contributed by atoms with Gasteiger partial charge in [-0.2, -0.15) is 0 Å². The second kappa shape index (κ2) is 7.14. The number of hydrogen-bond donors (Lipinski definition) is 1. The highest BCUT2D eigenvalue weighted by Crippen LogP contribution is 2.30. The van der Waals surface area contributed by atoms with Crippen LogP contribution in [0.4, 0.5) is 0 Å². The molecule has 2 heterocycles. The Morgan fingerprint density at radius 1 is 1.19 bits per heavy atom. The number of rotatable bonds is 3. The van der Waals surface area contributed by atoms with Crippen molar-refractivity contribution in [3.05, 3.63) is 35.0 Å². The van der Waals surface area contributed by atoms with E-state index in [1.807, 2.05) is 24.0 Å². The summed E-state index contributed by atoms with van der Waals surface area (Å²) in [7, 11) is 0. The van der Waals surface area contributed by atoms with Crippen molar-refractivity contribution < 1.29 is 14.3 Å². The second-order valence-corrected chi connectivity index (χ2v) is 7.37. The van der Waals surface area contributed by atoms with E-state index in [1.165, 1.54) is 29.5 Å². The Bertz CT molecular complexity index is 831. The molecule has 1 aromatic heterocycles. The minimum absolute atomic E-state index is 0.0694. The van der Waals surface area contributed by atoms with E-state index in [-0.39, 0.29) is 17.8 Å².